The zero-order valence-electron chi connectivity index (χ0n) is 9.52. The van der Waals surface area contributed by atoms with E-state index in [1.54, 1.807) is 11.3 Å². The molecular weight excluding hydrogens is 216 g/mol. The average Bonchev–Trinajstić information content (AvgIpc) is 2.76. The first-order valence-corrected chi connectivity index (χ1v) is 6.80. The third-order valence-corrected chi connectivity index (χ3v) is 4.13. The Bertz CT molecular complexity index is 491. The van der Waals surface area contributed by atoms with Crippen LogP contribution in [-0.2, 0) is 0 Å². The molecule has 0 amide bonds. The summed E-state index contributed by atoms with van der Waals surface area (Å²) in [5.74, 6) is 0.808. The minimum absolute atomic E-state index is 0.808. The number of benzene rings is 1. The van der Waals surface area contributed by atoms with E-state index in [1.165, 1.54) is 41.8 Å². The van der Waals surface area contributed by atoms with Gasteiger partial charge in [-0.1, -0.05) is 13.0 Å². The van der Waals surface area contributed by atoms with Crippen molar-refractivity contribution in [1.82, 2.24) is 4.98 Å². The van der Waals surface area contributed by atoms with Crippen LogP contribution >= 0.6 is 11.3 Å². The first-order chi connectivity index (χ1) is 7.84. The van der Waals surface area contributed by atoms with Gasteiger partial charge in [-0.05, 0) is 30.9 Å². The lowest BCUT2D eigenvalue weighted by Crippen LogP contribution is -2.34. The van der Waals surface area contributed by atoms with Crippen molar-refractivity contribution in [1.29, 1.82) is 0 Å². The second-order valence-electron chi connectivity index (χ2n) is 4.67. The summed E-state index contributed by atoms with van der Waals surface area (Å²) in [4.78, 5) is 6.99. The zero-order chi connectivity index (χ0) is 11.0. The molecule has 16 heavy (non-hydrogen) atoms. The Balaban J connectivity index is 2.01. The number of thiazole rings is 1. The zero-order valence-corrected chi connectivity index (χ0v) is 10.3. The van der Waals surface area contributed by atoms with Gasteiger partial charge in [-0.25, -0.2) is 4.98 Å². The third-order valence-electron chi connectivity index (χ3n) is 3.34. The van der Waals surface area contributed by atoms with E-state index in [-0.39, 0.29) is 0 Å². The molecule has 84 valence electrons. The number of piperidine rings is 1. The maximum absolute atomic E-state index is 4.50. The Hall–Kier alpha value is -1.09. The Morgan fingerprint density at radius 3 is 3.25 bits per heavy atom. The van der Waals surface area contributed by atoms with E-state index in [4.69, 9.17) is 0 Å². The Labute approximate surface area is 99.9 Å². The number of fused-ring (bicyclic) bond motifs is 1. The molecule has 1 saturated heterocycles. The molecule has 3 rings (SSSR count). The highest BCUT2D eigenvalue weighted by Gasteiger charge is 2.18. The second-order valence-corrected chi connectivity index (χ2v) is 5.56. The smallest absolute Gasteiger partial charge is 0.104 e. The van der Waals surface area contributed by atoms with Gasteiger partial charge in [0.15, 0.2) is 0 Å². The molecule has 3 heteroatoms. The highest BCUT2D eigenvalue weighted by Crippen LogP contribution is 2.30. The molecule has 2 nitrogen and oxygen atoms in total. The van der Waals surface area contributed by atoms with E-state index >= 15 is 0 Å². The Morgan fingerprint density at radius 2 is 2.38 bits per heavy atom. The van der Waals surface area contributed by atoms with Crippen LogP contribution in [0.1, 0.15) is 19.8 Å². The van der Waals surface area contributed by atoms with Crippen molar-refractivity contribution in [2.24, 2.45) is 5.92 Å². The number of hydrogen-bond donors (Lipinski definition) is 0. The van der Waals surface area contributed by atoms with E-state index < -0.39 is 0 Å². The third kappa shape index (κ3) is 1.69. The van der Waals surface area contributed by atoms with Gasteiger partial charge in [0.05, 0.1) is 15.9 Å². The van der Waals surface area contributed by atoms with Crippen molar-refractivity contribution in [3.63, 3.8) is 0 Å². The van der Waals surface area contributed by atoms with E-state index in [1.807, 2.05) is 5.51 Å². The predicted octanol–water partition coefficient (Wildman–Crippen LogP) is 3.53. The molecule has 0 radical (unpaired) electrons. The van der Waals surface area contributed by atoms with Gasteiger partial charge < -0.3 is 4.90 Å². The SMILES string of the molecule is C[C@@H]1CCCN(c2cccc3scnc23)C1. The first kappa shape index (κ1) is 10.1. The summed E-state index contributed by atoms with van der Waals surface area (Å²) in [7, 11) is 0. The molecule has 0 spiro atoms. The summed E-state index contributed by atoms with van der Waals surface area (Å²) < 4.78 is 1.30. The van der Waals surface area contributed by atoms with Gasteiger partial charge in [-0.2, -0.15) is 0 Å². The molecule has 0 unspecified atom stereocenters. The van der Waals surface area contributed by atoms with Crippen LogP contribution in [-0.4, -0.2) is 18.1 Å². The van der Waals surface area contributed by atoms with Crippen molar-refractivity contribution in [3.05, 3.63) is 23.7 Å². The quantitative estimate of drug-likeness (QED) is 0.747. The normalized spacial score (nSPS) is 21.6. The van der Waals surface area contributed by atoms with Crippen LogP contribution in [0.2, 0.25) is 0 Å². The lowest BCUT2D eigenvalue weighted by Gasteiger charge is -2.32. The van der Waals surface area contributed by atoms with Crippen LogP contribution in [0, 0.1) is 5.92 Å². The summed E-state index contributed by atoms with van der Waals surface area (Å²) >= 11 is 1.73. The number of hydrogen-bond acceptors (Lipinski definition) is 3. The van der Waals surface area contributed by atoms with Crippen LogP contribution in [0.4, 0.5) is 5.69 Å². The summed E-state index contributed by atoms with van der Waals surface area (Å²) in [6, 6.07) is 6.51. The van der Waals surface area contributed by atoms with Gasteiger partial charge >= 0.3 is 0 Å². The number of rotatable bonds is 1. The van der Waals surface area contributed by atoms with Gasteiger partial charge in [-0.3, -0.25) is 0 Å². The summed E-state index contributed by atoms with van der Waals surface area (Å²) in [5.41, 5.74) is 4.45. The van der Waals surface area contributed by atoms with Gasteiger partial charge in [-0.15, -0.1) is 11.3 Å². The lowest BCUT2D eigenvalue weighted by molar-refractivity contribution is 0.447. The topological polar surface area (TPSA) is 16.1 Å². The predicted molar refractivity (Wildman–Crippen MR) is 70.2 cm³/mol. The summed E-state index contributed by atoms with van der Waals surface area (Å²) in [6.45, 7) is 4.70. The van der Waals surface area contributed by atoms with Crippen molar-refractivity contribution in [3.8, 4) is 0 Å². The molecule has 1 aliphatic rings. The molecule has 1 aromatic carbocycles. The van der Waals surface area contributed by atoms with Crippen LogP contribution in [0.3, 0.4) is 0 Å². The van der Waals surface area contributed by atoms with Crippen molar-refractivity contribution >= 4 is 27.2 Å². The van der Waals surface area contributed by atoms with Gasteiger partial charge in [0, 0.05) is 13.1 Å². The van der Waals surface area contributed by atoms with Crippen LogP contribution in [0.25, 0.3) is 10.2 Å². The molecule has 1 aromatic heterocycles. The van der Waals surface area contributed by atoms with Gasteiger partial charge in [0.25, 0.3) is 0 Å². The summed E-state index contributed by atoms with van der Waals surface area (Å²) in [5, 5.41) is 0. The van der Waals surface area contributed by atoms with Crippen LogP contribution < -0.4 is 4.90 Å². The van der Waals surface area contributed by atoms with E-state index in [2.05, 4.69) is 35.0 Å². The molecule has 0 saturated carbocycles. The first-order valence-electron chi connectivity index (χ1n) is 5.92. The fraction of sp³-hybridized carbons (Fsp3) is 0.462. The monoisotopic (exact) mass is 232 g/mol. The van der Waals surface area contributed by atoms with E-state index in [9.17, 15) is 0 Å². The fourth-order valence-corrected chi connectivity index (χ4v) is 3.23. The number of para-hydroxylation sites is 1. The van der Waals surface area contributed by atoms with Gasteiger partial charge in [0.2, 0.25) is 0 Å². The standard InChI is InChI=1S/C13H16N2S/c1-10-4-3-7-15(8-10)11-5-2-6-12-13(11)14-9-16-12/h2,5-6,9-10H,3-4,7-8H2,1H3/t10-/m1/s1. The maximum atomic E-state index is 4.50. The average molecular weight is 232 g/mol. The second kappa shape index (κ2) is 4.06. The summed E-state index contributed by atoms with van der Waals surface area (Å²) in [6.07, 6.45) is 2.67. The largest absolute Gasteiger partial charge is 0.369 e. The minimum Gasteiger partial charge on any atom is -0.369 e. The fourth-order valence-electron chi connectivity index (χ4n) is 2.53. The van der Waals surface area contributed by atoms with E-state index in [0.717, 1.165) is 5.92 Å². The van der Waals surface area contributed by atoms with Crippen molar-refractivity contribution in [2.75, 3.05) is 18.0 Å². The molecule has 1 atom stereocenters. The molecule has 0 bridgehead atoms. The van der Waals surface area contributed by atoms with E-state index in [0.29, 0.717) is 0 Å². The Morgan fingerprint density at radius 1 is 1.44 bits per heavy atom. The number of nitrogens with zero attached hydrogens (tertiary/aromatic N) is 2. The van der Waals surface area contributed by atoms with Crippen molar-refractivity contribution in [2.45, 2.75) is 19.8 Å². The molecular formula is C13H16N2S. The van der Waals surface area contributed by atoms with Crippen LogP contribution in [0.15, 0.2) is 23.7 Å². The molecule has 1 aliphatic heterocycles. The molecule has 0 N–H and O–H groups in total. The highest BCUT2D eigenvalue weighted by atomic mass is 32.1. The van der Waals surface area contributed by atoms with Crippen molar-refractivity contribution < 1.29 is 0 Å². The van der Waals surface area contributed by atoms with Gasteiger partial charge in [0.1, 0.15) is 5.52 Å². The molecule has 1 fully saturated rings. The minimum atomic E-state index is 0.808. The molecule has 2 heterocycles. The van der Waals surface area contributed by atoms with Crippen LogP contribution in [0.5, 0.6) is 0 Å². The Kier molecular flexibility index (Phi) is 2.56. The number of anilines is 1. The maximum Gasteiger partial charge on any atom is 0.104 e. The molecule has 2 aromatic rings. The molecule has 0 aliphatic carbocycles. The number of aromatic nitrogens is 1. The highest BCUT2D eigenvalue weighted by molar-refractivity contribution is 7.16. The lowest BCUT2D eigenvalue weighted by atomic mass is 9.99.